The van der Waals surface area contributed by atoms with Gasteiger partial charge in [0, 0.05) is 12.0 Å². The number of hydrogen-bond acceptors (Lipinski definition) is 7. The van der Waals surface area contributed by atoms with E-state index in [1.54, 1.807) is 24.5 Å². The molecule has 0 amide bonds. The minimum atomic E-state index is -3.57. The molecular weight excluding hydrogens is 406 g/mol. The van der Waals surface area contributed by atoms with Crippen molar-refractivity contribution in [1.82, 2.24) is 4.98 Å². The van der Waals surface area contributed by atoms with Gasteiger partial charge in [0.25, 0.3) is 0 Å². The van der Waals surface area contributed by atoms with Crippen LogP contribution in [0.5, 0.6) is 0 Å². The van der Waals surface area contributed by atoms with Crippen LogP contribution in [0.4, 0.5) is 0 Å². The zero-order chi connectivity index (χ0) is 21.4. The second-order valence-corrected chi connectivity index (χ2v) is 8.78. The van der Waals surface area contributed by atoms with Crippen molar-refractivity contribution in [2.24, 2.45) is 0 Å². The Bertz CT molecular complexity index is 1060. The van der Waals surface area contributed by atoms with Gasteiger partial charge in [-0.05, 0) is 30.7 Å². The number of carbonyl (C=O) groups excluding carboxylic acids is 1. The summed E-state index contributed by atoms with van der Waals surface area (Å²) in [5.41, 5.74) is 2.38. The number of benzene rings is 1. The fourth-order valence-electron chi connectivity index (χ4n) is 2.83. The summed E-state index contributed by atoms with van der Waals surface area (Å²) in [4.78, 5) is 15.7. The van der Waals surface area contributed by atoms with E-state index < -0.39 is 21.6 Å². The lowest BCUT2D eigenvalue weighted by Gasteiger charge is -2.05. The fraction of sp³-hybridized carbons (Fsp3) is 0.273. The maximum atomic E-state index is 12.1. The zero-order valence-electron chi connectivity index (χ0n) is 16.6. The molecule has 0 fully saturated rings. The summed E-state index contributed by atoms with van der Waals surface area (Å²) >= 11 is 0. The first-order valence-electron chi connectivity index (χ1n) is 9.41. The van der Waals surface area contributed by atoms with Crippen LogP contribution in [0, 0.1) is 0 Å². The van der Waals surface area contributed by atoms with Crippen molar-refractivity contribution in [2.75, 3.05) is 25.2 Å². The Morgan fingerprint density at radius 1 is 1.20 bits per heavy atom. The van der Waals surface area contributed by atoms with E-state index in [1.807, 2.05) is 36.4 Å². The Morgan fingerprint density at radius 3 is 2.77 bits per heavy atom. The highest BCUT2D eigenvalue weighted by Crippen LogP contribution is 2.19. The predicted molar refractivity (Wildman–Crippen MR) is 112 cm³/mol. The van der Waals surface area contributed by atoms with E-state index in [0.29, 0.717) is 36.7 Å². The second-order valence-electron chi connectivity index (χ2n) is 6.72. The van der Waals surface area contributed by atoms with Gasteiger partial charge in [0.05, 0.1) is 25.2 Å². The number of rotatable bonds is 9. The van der Waals surface area contributed by atoms with E-state index in [0.717, 1.165) is 11.3 Å². The monoisotopic (exact) mass is 429 g/mol. The molecule has 7 nitrogen and oxygen atoms in total. The van der Waals surface area contributed by atoms with Gasteiger partial charge in [-0.1, -0.05) is 35.9 Å². The third-order valence-corrected chi connectivity index (χ3v) is 5.80. The second kappa shape index (κ2) is 10.1. The van der Waals surface area contributed by atoms with Crippen LogP contribution in [0.3, 0.4) is 0 Å². The van der Waals surface area contributed by atoms with Crippen LogP contribution in [0.15, 0.2) is 76.6 Å². The molecule has 0 saturated carbocycles. The van der Waals surface area contributed by atoms with Crippen molar-refractivity contribution < 1.29 is 27.1 Å². The summed E-state index contributed by atoms with van der Waals surface area (Å²) in [6, 6.07) is 9.65. The summed E-state index contributed by atoms with van der Waals surface area (Å²) in [7, 11) is -2.40. The molecule has 3 rings (SSSR count). The van der Waals surface area contributed by atoms with Gasteiger partial charge in [-0.25, -0.2) is 13.4 Å². The van der Waals surface area contributed by atoms with Crippen LogP contribution in [-0.2, 0) is 30.5 Å². The van der Waals surface area contributed by atoms with E-state index in [9.17, 15) is 13.2 Å². The SMILES string of the molecule is COC(=O)CS(=O)(=O)CC1=CC=C(OCCc2coc(-c3ccccc3)n2)C=CC1. The van der Waals surface area contributed by atoms with E-state index >= 15 is 0 Å². The summed E-state index contributed by atoms with van der Waals surface area (Å²) in [6.45, 7) is 0.404. The molecular formula is C22H23NO6S. The van der Waals surface area contributed by atoms with Gasteiger partial charge in [0.2, 0.25) is 5.89 Å². The highest BCUT2D eigenvalue weighted by atomic mass is 32.2. The number of allylic oxidation sites excluding steroid dienone is 4. The number of nitrogens with zero attached hydrogens (tertiary/aromatic N) is 1. The lowest BCUT2D eigenvalue weighted by Crippen LogP contribution is -2.20. The van der Waals surface area contributed by atoms with Gasteiger partial charge in [0.15, 0.2) is 9.84 Å². The van der Waals surface area contributed by atoms with Crippen LogP contribution >= 0.6 is 0 Å². The van der Waals surface area contributed by atoms with Gasteiger partial charge in [-0.2, -0.15) is 0 Å². The normalized spacial score (nSPS) is 13.9. The third kappa shape index (κ3) is 6.45. The molecule has 0 N–H and O–H groups in total. The minimum absolute atomic E-state index is 0.197. The average molecular weight is 429 g/mol. The summed E-state index contributed by atoms with van der Waals surface area (Å²) < 4.78 is 39.8. The molecule has 1 aromatic heterocycles. The molecule has 0 radical (unpaired) electrons. The van der Waals surface area contributed by atoms with Crippen molar-refractivity contribution in [2.45, 2.75) is 12.8 Å². The maximum absolute atomic E-state index is 12.1. The maximum Gasteiger partial charge on any atom is 0.320 e. The molecule has 0 bridgehead atoms. The largest absolute Gasteiger partial charge is 0.493 e. The first kappa shape index (κ1) is 21.6. The number of hydrogen-bond donors (Lipinski definition) is 0. The lowest BCUT2D eigenvalue weighted by atomic mass is 10.2. The van der Waals surface area contributed by atoms with E-state index in [2.05, 4.69) is 9.72 Å². The Morgan fingerprint density at radius 2 is 2.00 bits per heavy atom. The Labute approximate surface area is 175 Å². The quantitative estimate of drug-likeness (QED) is 0.565. The number of aromatic nitrogens is 1. The molecule has 1 aromatic carbocycles. The van der Waals surface area contributed by atoms with Crippen molar-refractivity contribution in [3.8, 4) is 11.5 Å². The smallest absolute Gasteiger partial charge is 0.320 e. The highest BCUT2D eigenvalue weighted by molar-refractivity contribution is 7.92. The van der Waals surface area contributed by atoms with Crippen molar-refractivity contribution in [1.29, 1.82) is 0 Å². The molecule has 0 unspecified atom stereocenters. The number of carbonyl (C=O) groups is 1. The molecule has 0 saturated heterocycles. The predicted octanol–water partition coefficient (Wildman–Crippen LogP) is 3.26. The molecule has 2 aromatic rings. The van der Waals surface area contributed by atoms with Gasteiger partial charge in [-0.3, -0.25) is 4.79 Å². The molecule has 1 aliphatic rings. The summed E-state index contributed by atoms with van der Waals surface area (Å²) in [6.07, 6.45) is 9.74. The van der Waals surface area contributed by atoms with Crippen LogP contribution < -0.4 is 0 Å². The molecule has 1 heterocycles. The topological polar surface area (TPSA) is 95.7 Å². The molecule has 0 spiro atoms. The lowest BCUT2D eigenvalue weighted by molar-refractivity contribution is -0.137. The van der Waals surface area contributed by atoms with Gasteiger partial charge in [-0.15, -0.1) is 0 Å². The molecule has 8 heteroatoms. The van der Waals surface area contributed by atoms with E-state index in [-0.39, 0.29) is 5.75 Å². The third-order valence-electron chi connectivity index (χ3n) is 4.32. The van der Waals surface area contributed by atoms with Crippen LogP contribution in [0.2, 0.25) is 0 Å². The van der Waals surface area contributed by atoms with Crippen molar-refractivity contribution in [3.05, 3.63) is 77.9 Å². The average Bonchev–Trinajstić information content (AvgIpc) is 3.09. The molecule has 0 aliphatic heterocycles. The Kier molecular flexibility index (Phi) is 7.24. The van der Waals surface area contributed by atoms with Gasteiger partial charge >= 0.3 is 5.97 Å². The number of ether oxygens (including phenoxy) is 2. The first-order chi connectivity index (χ1) is 14.4. The van der Waals surface area contributed by atoms with E-state index in [1.165, 1.54) is 7.11 Å². The zero-order valence-corrected chi connectivity index (χ0v) is 17.4. The van der Waals surface area contributed by atoms with Crippen LogP contribution in [-0.4, -0.2) is 44.6 Å². The van der Waals surface area contributed by atoms with Crippen molar-refractivity contribution >= 4 is 15.8 Å². The number of methoxy groups -OCH3 is 1. The van der Waals surface area contributed by atoms with E-state index in [4.69, 9.17) is 9.15 Å². The highest BCUT2D eigenvalue weighted by Gasteiger charge is 2.19. The summed E-state index contributed by atoms with van der Waals surface area (Å²) in [5.74, 6) is -0.387. The molecule has 158 valence electrons. The van der Waals surface area contributed by atoms with Gasteiger partial charge in [0.1, 0.15) is 17.8 Å². The standard InChI is InChI=1S/C22H23NO6S/c1-27-21(24)16-30(25,26)15-17-6-5-9-20(11-10-17)28-13-12-19-14-29-22(23-19)18-7-3-2-4-8-18/h2-5,7-11,14H,6,12-13,15-16H2,1H3. The fourth-order valence-corrected chi connectivity index (χ4v) is 4.19. The summed E-state index contributed by atoms with van der Waals surface area (Å²) in [5, 5.41) is 0. The Hall–Kier alpha value is -3.13. The van der Waals surface area contributed by atoms with Crippen LogP contribution in [0.1, 0.15) is 12.1 Å². The first-order valence-corrected chi connectivity index (χ1v) is 11.2. The van der Waals surface area contributed by atoms with Crippen LogP contribution in [0.25, 0.3) is 11.5 Å². The number of sulfone groups is 1. The molecule has 30 heavy (non-hydrogen) atoms. The van der Waals surface area contributed by atoms with Gasteiger partial charge < -0.3 is 13.9 Å². The number of oxazole rings is 1. The minimum Gasteiger partial charge on any atom is -0.493 e. The Balaban J connectivity index is 1.52. The molecule has 1 aliphatic carbocycles. The van der Waals surface area contributed by atoms with Crippen molar-refractivity contribution in [3.63, 3.8) is 0 Å². The molecule has 0 atom stereocenters. The number of esters is 1.